The molecule has 0 radical (unpaired) electrons. The van der Waals surface area contributed by atoms with E-state index in [1.54, 1.807) is 4.57 Å². The van der Waals surface area contributed by atoms with Crippen molar-refractivity contribution in [2.45, 2.75) is 90.6 Å². The zero-order valence-electron chi connectivity index (χ0n) is 23.5. The summed E-state index contributed by atoms with van der Waals surface area (Å²) in [4.78, 5) is 20.3. The van der Waals surface area contributed by atoms with Crippen LogP contribution in [0.15, 0.2) is 53.3 Å². The summed E-state index contributed by atoms with van der Waals surface area (Å²) in [6, 6.07) is 15.3. The number of nitrogens with one attached hydrogen (secondary N) is 1. The maximum absolute atomic E-state index is 13.1. The van der Waals surface area contributed by atoms with Gasteiger partial charge in [0.15, 0.2) is 0 Å². The van der Waals surface area contributed by atoms with Gasteiger partial charge in [-0.1, -0.05) is 64.0 Å². The predicted octanol–water partition coefficient (Wildman–Crippen LogP) is 6.62. The first-order chi connectivity index (χ1) is 18.7. The van der Waals surface area contributed by atoms with E-state index in [0.717, 1.165) is 36.5 Å². The number of aromatic nitrogens is 2. The third-order valence-electron chi connectivity index (χ3n) is 7.67. The molecule has 1 aliphatic rings. The Kier molecular flexibility index (Phi) is 11.2. The largest absolute Gasteiger partial charge is 0.494 e. The summed E-state index contributed by atoms with van der Waals surface area (Å²) in [5, 5.41) is 4.50. The van der Waals surface area contributed by atoms with Crippen molar-refractivity contribution in [2.24, 2.45) is 0 Å². The molecule has 1 N–H and O–H groups in total. The third-order valence-corrected chi connectivity index (χ3v) is 7.67. The highest BCUT2D eigenvalue weighted by Gasteiger charge is 2.19. The molecule has 1 fully saturated rings. The van der Waals surface area contributed by atoms with E-state index >= 15 is 0 Å². The second-order valence-electron chi connectivity index (χ2n) is 10.6. The van der Waals surface area contributed by atoms with E-state index in [0.29, 0.717) is 24.0 Å². The van der Waals surface area contributed by atoms with Gasteiger partial charge in [0, 0.05) is 6.54 Å². The highest BCUT2D eigenvalue weighted by molar-refractivity contribution is 5.77. The normalized spacial score (nSPS) is 16.8. The van der Waals surface area contributed by atoms with Crippen molar-refractivity contribution in [1.29, 1.82) is 0 Å². The number of aryl methyl sites for hydroxylation is 1. The van der Waals surface area contributed by atoms with Gasteiger partial charge in [-0.3, -0.25) is 14.3 Å². The van der Waals surface area contributed by atoms with Crippen molar-refractivity contribution in [1.82, 2.24) is 19.8 Å². The SMILES string of the molecule is CCCCCCCNC1CCCCCCN1CCCOc1ccc(-n2c(C)nc3ccccc3c2=O)cc1. The Morgan fingerprint density at radius 1 is 0.947 bits per heavy atom. The number of unbranched alkanes of at least 4 members (excludes halogenated alkanes) is 4. The van der Waals surface area contributed by atoms with Gasteiger partial charge in [0.2, 0.25) is 0 Å². The van der Waals surface area contributed by atoms with E-state index in [2.05, 4.69) is 22.1 Å². The third kappa shape index (κ3) is 7.90. The number of nitrogens with zero attached hydrogens (tertiary/aromatic N) is 3. The Morgan fingerprint density at radius 2 is 1.74 bits per heavy atom. The van der Waals surface area contributed by atoms with Crippen LogP contribution in [-0.2, 0) is 0 Å². The molecule has 1 aromatic heterocycles. The monoisotopic (exact) mass is 518 g/mol. The summed E-state index contributed by atoms with van der Waals surface area (Å²) in [5.41, 5.74) is 1.50. The summed E-state index contributed by atoms with van der Waals surface area (Å²) in [6.45, 7) is 8.20. The maximum atomic E-state index is 13.1. The fourth-order valence-electron chi connectivity index (χ4n) is 5.54. The van der Waals surface area contributed by atoms with E-state index < -0.39 is 0 Å². The Hall–Kier alpha value is -2.70. The van der Waals surface area contributed by atoms with Crippen LogP contribution >= 0.6 is 0 Å². The minimum absolute atomic E-state index is 0.0425. The quantitative estimate of drug-likeness (QED) is 0.258. The molecule has 1 aliphatic heterocycles. The molecular weight excluding hydrogens is 472 g/mol. The highest BCUT2D eigenvalue weighted by Crippen LogP contribution is 2.19. The molecule has 6 heteroatoms. The van der Waals surface area contributed by atoms with Crippen LogP contribution in [0.2, 0.25) is 0 Å². The first-order valence-electron chi connectivity index (χ1n) is 14.9. The Balaban J connectivity index is 1.28. The van der Waals surface area contributed by atoms with Gasteiger partial charge in [0.1, 0.15) is 11.6 Å². The Labute approximate surface area is 228 Å². The van der Waals surface area contributed by atoms with Crippen LogP contribution in [0.5, 0.6) is 5.75 Å². The van der Waals surface area contributed by atoms with Crippen molar-refractivity contribution in [3.63, 3.8) is 0 Å². The number of rotatable bonds is 13. The van der Waals surface area contributed by atoms with Gasteiger partial charge < -0.3 is 10.1 Å². The molecule has 38 heavy (non-hydrogen) atoms. The average molecular weight is 519 g/mol. The lowest BCUT2D eigenvalue weighted by atomic mass is 10.1. The molecule has 206 valence electrons. The van der Waals surface area contributed by atoms with Gasteiger partial charge in [0.25, 0.3) is 5.56 Å². The number of ether oxygens (including phenoxy) is 1. The molecule has 4 rings (SSSR count). The van der Waals surface area contributed by atoms with E-state index in [-0.39, 0.29) is 5.56 Å². The molecule has 6 nitrogen and oxygen atoms in total. The second-order valence-corrected chi connectivity index (χ2v) is 10.6. The van der Waals surface area contributed by atoms with E-state index in [4.69, 9.17) is 4.74 Å². The van der Waals surface area contributed by atoms with E-state index in [1.807, 2.05) is 55.5 Å². The number of likely N-dealkylation sites (tertiary alicyclic amines) is 1. The average Bonchev–Trinajstić information content (AvgIpc) is 2.91. The van der Waals surface area contributed by atoms with E-state index in [1.165, 1.54) is 70.8 Å². The first-order valence-corrected chi connectivity index (χ1v) is 14.9. The molecule has 0 saturated carbocycles. The highest BCUT2D eigenvalue weighted by atomic mass is 16.5. The van der Waals surface area contributed by atoms with Gasteiger partial charge in [-0.2, -0.15) is 0 Å². The molecule has 0 amide bonds. The smallest absolute Gasteiger partial charge is 0.265 e. The zero-order valence-corrected chi connectivity index (χ0v) is 23.5. The number of fused-ring (bicyclic) bond motifs is 1. The number of hydrogen-bond acceptors (Lipinski definition) is 5. The molecular formula is C32H46N4O2. The fourth-order valence-corrected chi connectivity index (χ4v) is 5.54. The molecule has 1 atom stereocenters. The van der Waals surface area contributed by atoms with Gasteiger partial charge in [-0.25, -0.2) is 4.98 Å². The van der Waals surface area contributed by atoms with Crippen molar-refractivity contribution in [3.8, 4) is 11.4 Å². The van der Waals surface area contributed by atoms with E-state index in [9.17, 15) is 4.79 Å². The van der Waals surface area contributed by atoms with Crippen LogP contribution < -0.4 is 15.6 Å². The minimum atomic E-state index is -0.0425. The van der Waals surface area contributed by atoms with Crippen molar-refractivity contribution < 1.29 is 4.74 Å². The molecule has 2 heterocycles. The maximum Gasteiger partial charge on any atom is 0.265 e. The van der Waals surface area contributed by atoms with Gasteiger partial charge in [0.05, 0.1) is 29.4 Å². The number of hydrogen-bond donors (Lipinski definition) is 1. The van der Waals surface area contributed by atoms with Crippen LogP contribution in [0.25, 0.3) is 16.6 Å². The summed E-state index contributed by atoms with van der Waals surface area (Å²) < 4.78 is 7.77. The standard InChI is InChI=1S/C32H46N4O2/c1-3-4-5-7-12-22-33-31-17-9-6-8-13-23-35(31)24-14-25-38-28-20-18-27(19-21-28)36-26(2)34-30-16-11-10-15-29(30)32(36)37/h10-11,15-16,18-21,31,33H,3-9,12-14,17,22-25H2,1-2H3. The Morgan fingerprint density at radius 3 is 2.58 bits per heavy atom. The molecule has 0 bridgehead atoms. The predicted molar refractivity (Wildman–Crippen MR) is 157 cm³/mol. The summed E-state index contributed by atoms with van der Waals surface area (Å²) in [7, 11) is 0. The first kappa shape index (κ1) is 28.3. The molecule has 0 aliphatic carbocycles. The lowest BCUT2D eigenvalue weighted by Crippen LogP contribution is -2.47. The van der Waals surface area contributed by atoms with Crippen LogP contribution in [0.1, 0.15) is 83.4 Å². The second kappa shape index (κ2) is 15.0. The topological polar surface area (TPSA) is 59.4 Å². The fraction of sp³-hybridized carbons (Fsp3) is 0.562. The van der Waals surface area contributed by atoms with Gasteiger partial charge in [-0.15, -0.1) is 0 Å². The van der Waals surface area contributed by atoms with Crippen molar-refractivity contribution in [3.05, 3.63) is 64.7 Å². The van der Waals surface area contributed by atoms with Gasteiger partial charge in [-0.05, 0) is 82.1 Å². The van der Waals surface area contributed by atoms with Gasteiger partial charge >= 0.3 is 0 Å². The zero-order chi connectivity index (χ0) is 26.6. The van der Waals surface area contributed by atoms with Crippen molar-refractivity contribution >= 4 is 10.9 Å². The summed E-state index contributed by atoms with van der Waals surface area (Å²) in [5.74, 6) is 1.52. The minimum Gasteiger partial charge on any atom is -0.494 e. The van der Waals surface area contributed by atoms with Crippen LogP contribution in [0.3, 0.4) is 0 Å². The number of para-hydroxylation sites is 1. The summed E-state index contributed by atoms with van der Waals surface area (Å²) >= 11 is 0. The van der Waals surface area contributed by atoms with Crippen LogP contribution in [0, 0.1) is 6.92 Å². The molecule has 3 aromatic rings. The van der Waals surface area contributed by atoms with Crippen LogP contribution in [-0.4, -0.2) is 46.9 Å². The Bertz CT molecular complexity index is 1170. The van der Waals surface area contributed by atoms with Crippen LogP contribution in [0.4, 0.5) is 0 Å². The van der Waals surface area contributed by atoms with Crippen molar-refractivity contribution in [2.75, 3.05) is 26.2 Å². The molecule has 1 saturated heterocycles. The lowest BCUT2D eigenvalue weighted by Gasteiger charge is -2.34. The molecule has 0 spiro atoms. The lowest BCUT2D eigenvalue weighted by molar-refractivity contribution is 0.129. The summed E-state index contributed by atoms with van der Waals surface area (Å²) in [6.07, 6.45) is 14.7. The molecule has 1 unspecified atom stereocenters. The molecule has 2 aromatic carbocycles. The number of benzene rings is 2.